The van der Waals surface area contributed by atoms with Crippen molar-refractivity contribution < 1.29 is 19.1 Å². The van der Waals surface area contributed by atoms with Gasteiger partial charge in [0.05, 0.1) is 11.3 Å². The maximum Gasteiger partial charge on any atom is 0.312 e. The normalized spacial score (nSPS) is 35.4. The molecule has 27 heavy (non-hydrogen) atoms. The Hall–Kier alpha value is -1.06. The second kappa shape index (κ2) is 7.08. The van der Waals surface area contributed by atoms with E-state index in [2.05, 4.69) is 0 Å². The van der Waals surface area contributed by atoms with Gasteiger partial charge >= 0.3 is 11.9 Å². The molecule has 0 aromatic heterocycles. The van der Waals surface area contributed by atoms with Crippen LogP contribution < -0.4 is 0 Å². The summed E-state index contributed by atoms with van der Waals surface area (Å²) in [6, 6.07) is 0. The number of hydrogen-bond donors (Lipinski definition) is 0. The van der Waals surface area contributed by atoms with E-state index < -0.39 is 11.0 Å². The molecule has 0 aromatic carbocycles. The van der Waals surface area contributed by atoms with Crippen molar-refractivity contribution in [1.29, 1.82) is 0 Å². The van der Waals surface area contributed by atoms with Crippen LogP contribution in [0.25, 0.3) is 0 Å². The quantitative estimate of drug-likeness (QED) is 0.590. The van der Waals surface area contributed by atoms with Crippen molar-refractivity contribution in [2.75, 3.05) is 0 Å². The molecule has 154 valence electrons. The zero-order valence-corrected chi connectivity index (χ0v) is 18.1. The first kappa shape index (κ1) is 20.7. The maximum absolute atomic E-state index is 13.2. The average Bonchev–Trinajstić information content (AvgIpc) is 2.51. The van der Waals surface area contributed by atoms with Crippen molar-refractivity contribution in [2.45, 2.75) is 104 Å². The van der Waals surface area contributed by atoms with Crippen LogP contribution in [-0.2, 0) is 19.1 Å². The van der Waals surface area contributed by atoms with Crippen molar-refractivity contribution in [3.05, 3.63) is 0 Å². The Bertz CT molecular complexity index is 552. The first-order valence-electron chi connectivity index (χ1n) is 10.9. The minimum absolute atomic E-state index is 0.109. The van der Waals surface area contributed by atoms with Gasteiger partial charge < -0.3 is 9.47 Å². The second-order valence-corrected chi connectivity index (χ2v) is 11.0. The summed E-state index contributed by atoms with van der Waals surface area (Å²) in [5, 5.41) is 0. The van der Waals surface area contributed by atoms with Crippen LogP contribution in [0.15, 0.2) is 0 Å². The monoisotopic (exact) mass is 378 g/mol. The molecule has 4 saturated carbocycles. The lowest BCUT2D eigenvalue weighted by Crippen LogP contribution is -2.54. The largest absolute Gasteiger partial charge is 0.460 e. The van der Waals surface area contributed by atoms with Crippen LogP contribution in [0, 0.1) is 29.1 Å². The van der Waals surface area contributed by atoms with E-state index in [4.69, 9.17) is 9.47 Å². The lowest BCUT2D eigenvalue weighted by Gasteiger charge is -2.56. The Labute approximate surface area is 164 Å². The standard InChI is InChI=1S/C23H38O4/c1-7-22(6,11-15(2)19(24)26-21(3,4)5)20(25)27-23-12-16-8-17(13-23)10-18(9-16)14-23/h15-18H,7-14H2,1-6H3. The summed E-state index contributed by atoms with van der Waals surface area (Å²) in [6.07, 6.45) is 8.28. The van der Waals surface area contributed by atoms with E-state index in [1.807, 2.05) is 41.5 Å². The molecule has 0 saturated heterocycles. The van der Waals surface area contributed by atoms with Gasteiger partial charge in [-0.25, -0.2) is 0 Å². The van der Waals surface area contributed by atoms with Gasteiger partial charge in [-0.3, -0.25) is 9.59 Å². The number of esters is 2. The van der Waals surface area contributed by atoms with Crippen LogP contribution in [0.5, 0.6) is 0 Å². The highest BCUT2D eigenvalue weighted by Gasteiger charge is 2.54. The molecule has 4 fully saturated rings. The zero-order chi connectivity index (χ0) is 20.0. The summed E-state index contributed by atoms with van der Waals surface area (Å²) in [7, 11) is 0. The fourth-order valence-corrected chi connectivity index (χ4v) is 6.01. The highest BCUT2D eigenvalue weighted by molar-refractivity contribution is 5.79. The molecule has 0 aromatic rings. The summed E-state index contributed by atoms with van der Waals surface area (Å²) in [4.78, 5) is 25.7. The molecule has 0 spiro atoms. The third-order valence-corrected chi connectivity index (χ3v) is 7.13. The van der Waals surface area contributed by atoms with Crippen LogP contribution in [0.1, 0.15) is 92.9 Å². The molecule has 0 aliphatic heterocycles. The van der Waals surface area contributed by atoms with Gasteiger partial charge in [0.2, 0.25) is 0 Å². The highest BCUT2D eigenvalue weighted by atomic mass is 16.6. The molecule has 4 heteroatoms. The van der Waals surface area contributed by atoms with E-state index in [1.54, 1.807) is 0 Å². The van der Waals surface area contributed by atoms with Gasteiger partial charge in [0, 0.05) is 0 Å². The van der Waals surface area contributed by atoms with Crippen molar-refractivity contribution in [3.8, 4) is 0 Å². The Morgan fingerprint density at radius 3 is 1.89 bits per heavy atom. The Morgan fingerprint density at radius 1 is 1.00 bits per heavy atom. The number of ether oxygens (including phenoxy) is 2. The lowest BCUT2D eigenvalue weighted by atomic mass is 9.54. The van der Waals surface area contributed by atoms with Crippen molar-refractivity contribution in [3.63, 3.8) is 0 Å². The van der Waals surface area contributed by atoms with Gasteiger partial charge in [0.1, 0.15) is 11.2 Å². The first-order chi connectivity index (χ1) is 12.4. The molecule has 0 heterocycles. The summed E-state index contributed by atoms with van der Waals surface area (Å²) in [5.41, 5.74) is -1.37. The van der Waals surface area contributed by atoms with E-state index in [0.29, 0.717) is 12.8 Å². The minimum atomic E-state index is -0.639. The highest BCUT2D eigenvalue weighted by Crippen LogP contribution is 2.57. The summed E-state index contributed by atoms with van der Waals surface area (Å²) in [5.74, 6) is 1.58. The van der Waals surface area contributed by atoms with Gasteiger partial charge in [0.15, 0.2) is 0 Å². The third kappa shape index (κ3) is 4.51. The van der Waals surface area contributed by atoms with Crippen molar-refractivity contribution >= 4 is 11.9 Å². The maximum atomic E-state index is 13.2. The number of carbonyl (C=O) groups excluding carboxylic acids is 2. The second-order valence-electron chi connectivity index (χ2n) is 11.0. The van der Waals surface area contributed by atoms with E-state index in [-0.39, 0.29) is 23.5 Å². The number of rotatable bonds is 6. The van der Waals surface area contributed by atoms with E-state index in [1.165, 1.54) is 19.3 Å². The van der Waals surface area contributed by atoms with Crippen LogP contribution in [-0.4, -0.2) is 23.1 Å². The fourth-order valence-electron chi connectivity index (χ4n) is 6.01. The van der Waals surface area contributed by atoms with E-state index in [9.17, 15) is 9.59 Å². The number of carbonyl (C=O) groups is 2. The molecule has 4 aliphatic carbocycles. The molecular weight excluding hydrogens is 340 g/mol. The molecule has 2 unspecified atom stereocenters. The third-order valence-electron chi connectivity index (χ3n) is 7.13. The van der Waals surface area contributed by atoms with Gasteiger partial charge in [-0.1, -0.05) is 13.8 Å². The SMILES string of the molecule is CCC(C)(CC(C)C(=O)OC(C)(C)C)C(=O)OC12CC3CC(CC(C3)C1)C2. The van der Waals surface area contributed by atoms with Gasteiger partial charge in [-0.2, -0.15) is 0 Å². The smallest absolute Gasteiger partial charge is 0.312 e. The Balaban J connectivity index is 1.65. The van der Waals surface area contributed by atoms with Crippen molar-refractivity contribution in [1.82, 2.24) is 0 Å². The van der Waals surface area contributed by atoms with Crippen LogP contribution >= 0.6 is 0 Å². The molecule has 0 radical (unpaired) electrons. The Kier molecular flexibility index (Phi) is 5.42. The van der Waals surface area contributed by atoms with Crippen LogP contribution in [0.3, 0.4) is 0 Å². The van der Waals surface area contributed by atoms with Gasteiger partial charge in [0.25, 0.3) is 0 Å². The molecule has 4 bridgehead atoms. The molecule has 0 N–H and O–H groups in total. The number of hydrogen-bond acceptors (Lipinski definition) is 4. The first-order valence-corrected chi connectivity index (χ1v) is 10.9. The topological polar surface area (TPSA) is 52.6 Å². The Morgan fingerprint density at radius 2 is 1.48 bits per heavy atom. The molecule has 2 atom stereocenters. The van der Waals surface area contributed by atoms with Crippen LogP contribution in [0.4, 0.5) is 0 Å². The van der Waals surface area contributed by atoms with E-state index >= 15 is 0 Å². The van der Waals surface area contributed by atoms with Crippen molar-refractivity contribution in [2.24, 2.45) is 29.1 Å². The molecular formula is C23H38O4. The molecule has 4 nitrogen and oxygen atoms in total. The lowest BCUT2D eigenvalue weighted by molar-refractivity contribution is -0.198. The summed E-state index contributed by atoms with van der Waals surface area (Å²) < 4.78 is 11.8. The van der Waals surface area contributed by atoms with Gasteiger partial charge in [-0.05, 0) is 96.8 Å². The summed E-state index contributed by atoms with van der Waals surface area (Å²) >= 11 is 0. The molecule has 4 aliphatic rings. The summed E-state index contributed by atoms with van der Waals surface area (Å²) in [6.45, 7) is 11.5. The molecule has 0 amide bonds. The minimum Gasteiger partial charge on any atom is -0.460 e. The predicted molar refractivity (Wildman–Crippen MR) is 105 cm³/mol. The predicted octanol–water partition coefficient (Wildman–Crippen LogP) is 5.28. The van der Waals surface area contributed by atoms with Crippen LogP contribution in [0.2, 0.25) is 0 Å². The van der Waals surface area contributed by atoms with Gasteiger partial charge in [-0.15, -0.1) is 0 Å². The fraction of sp³-hybridized carbons (Fsp3) is 0.913. The molecule has 4 rings (SSSR count). The van der Waals surface area contributed by atoms with E-state index in [0.717, 1.165) is 37.0 Å². The zero-order valence-electron chi connectivity index (χ0n) is 18.1. The average molecular weight is 379 g/mol.